The Morgan fingerprint density at radius 1 is 1.71 bits per heavy atom. The van der Waals surface area contributed by atoms with Crippen molar-refractivity contribution >= 4 is 29.1 Å². The van der Waals surface area contributed by atoms with E-state index in [0.717, 1.165) is 36.0 Å². The van der Waals surface area contributed by atoms with Gasteiger partial charge in [0.2, 0.25) is 0 Å². The minimum absolute atomic E-state index is 0.351. The van der Waals surface area contributed by atoms with Crippen molar-refractivity contribution < 1.29 is 14.6 Å². The second-order valence-corrected chi connectivity index (χ2v) is 6.31. The molecule has 6 heteroatoms. The van der Waals surface area contributed by atoms with E-state index in [-0.39, 0.29) is 0 Å². The zero-order valence-corrected chi connectivity index (χ0v) is 11.3. The minimum Gasteiger partial charge on any atom is -0.477 e. The fourth-order valence-electron chi connectivity index (χ4n) is 1.78. The molecule has 1 aromatic rings. The van der Waals surface area contributed by atoms with Gasteiger partial charge in [0, 0.05) is 12.4 Å². The van der Waals surface area contributed by atoms with Crippen LogP contribution in [0.15, 0.2) is 4.34 Å². The first-order valence-electron chi connectivity index (χ1n) is 5.62. The van der Waals surface area contributed by atoms with Crippen molar-refractivity contribution in [1.29, 1.82) is 0 Å². The van der Waals surface area contributed by atoms with Gasteiger partial charge in [0.05, 0.1) is 11.8 Å². The van der Waals surface area contributed by atoms with Crippen LogP contribution < -0.4 is 0 Å². The van der Waals surface area contributed by atoms with Gasteiger partial charge in [-0.15, -0.1) is 11.3 Å². The lowest BCUT2D eigenvalue weighted by molar-refractivity contribution is 0.0701. The van der Waals surface area contributed by atoms with Gasteiger partial charge in [0.15, 0.2) is 4.34 Å². The molecule has 2 rings (SSSR count). The largest absolute Gasteiger partial charge is 0.477 e. The maximum atomic E-state index is 10.9. The monoisotopic (exact) mass is 273 g/mol. The Labute approximate surface area is 108 Å². The van der Waals surface area contributed by atoms with E-state index in [4.69, 9.17) is 9.84 Å². The van der Waals surface area contributed by atoms with Crippen molar-refractivity contribution in [2.24, 2.45) is 0 Å². The van der Waals surface area contributed by atoms with E-state index >= 15 is 0 Å². The highest BCUT2D eigenvalue weighted by atomic mass is 32.2. The van der Waals surface area contributed by atoms with Crippen LogP contribution in [-0.2, 0) is 4.74 Å². The molecule has 1 N–H and O–H groups in total. The van der Waals surface area contributed by atoms with E-state index in [1.807, 2.05) is 0 Å². The summed E-state index contributed by atoms with van der Waals surface area (Å²) < 4.78 is 6.38. The van der Waals surface area contributed by atoms with E-state index in [9.17, 15) is 4.79 Å². The Bertz CT molecular complexity index is 399. The highest BCUT2D eigenvalue weighted by Crippen LogP contribution is 2.28. The molecule has 1 fully saturated rings. The van der Waals surface area contributed by atoms with Gasteiger partial charge in [0.1, 0.15) is 4.88 Å². The van der Waals surface area contributed by atoms with Crippen LogP contribution in [0.1, 0.15) is 34.6 Å². The number of carboxylic acids is 1. The lowest BCUT2D eigenvalue weighted by Gasteiger charge is -2.06. The molecule has 0 aliphatic carbocycles. The lowest BCUT2D eigenvalue weighted by Crippen LogP contribution is -2.05. The Hall–Kier alpha value is -0.590. The van der Waals surface area contributed by atoms with Crippen molar-refractivity contribution in [2.45, 2.75) is 36.6 Å². The van der Waals surface area contributed by atoms with Crippen molar-refractivity contribution in [3.05, 3.63) is 10.6 Å². The number of thiazole rings is 1. The molecule has 1 saturated heterocycles. The molecule has 17 heavy (non-hydrogen) atoms. The van der Waals surface area contributed by atoms with Gasteiger partial charge in [-0.1, -0.05) is 11.8 Å². The summed E-state index contributed by atoms with van der Waals surface area (Å²) in [5, 5.41) is 8.92. The molecule has 1 unspecified atom stereocenters. The summed E-state index contributed by atoms with van der Waals surface area (Å²) in [5.41, 5.74) is 0.613. The van der Waals surface area contributed by atoms with Gasteiger partial charge >= 0.3 is 5.97 Å². The number of aryl methyl sites for hydroxylation is 1. The molecular weight excluding hydrogens is 258 g/mol. The summed E-state index contributed by atoms with van der Waals surface area (Å²) in [6.07, 6.45) is 3.72. The highest BCUT2D eigenvalue weighted by molar-refractivity contribution is 8.01. The van der Waals surface area contributed by atoms with Crippen LogP contribution in [0.3, 0.4) is 0 Å². The smallest absolute Gasteiger partial charge is 0.347 e. The molecule has 1 atom stereocenters. The molecule has 0 bridgehead atoms. The zero-order chi connectivity index (χ0) is 12.3. The second kappa shape index (κ2) is 5.84. The molecule has 0 amide bonds. The lowest BCUT2D eigenvalue weighted by atomic mass is 10.2. The summed E-state index contributed by atoms with van der Waals surface area (Å²) in [6, 6.07) is 0. The summed E-state index contributed by atoms with van der Waals surface area (Å²) in [5.74, 6) is 0.0578. The Morgan fingerprint density at radius 2 is 2.53 bits per heavy atom. The van der Waals surface area contributed by atoms with Crippen LogP contribution >= 0.6 is 23.1 Å². The number of ether oxygens (including phenoxy) is 1. The summed E-state index contributed by atoms with van der Waals surface area (Å²) >= 11 is 2.89. The molecule has 2 heterocycles. The van der Waals surface area contributed by atoms with Gasteiger partial charge in [0.25, 0.3) is 0 Å². The normalized spacial score (nSPS) is 19.7. The third kappa shape index (κ3) is 3.43. The van der Waals surface area contributed by atoms with Crippen molar-refractivity contribution in [3.8, 4) is 0 Å². The first-order chi connectivity index (χ1) is 8.16. The first kappa shape index (κ1) is 12.9. The maximum Gasteiger partial charge on any atom is 0.347 e. The van der Waals surface area contributed by atoms with Crippen molar-refractivity contribution in [1.82, 2.24) is 4.98 Å². The fraction of sp³-hybridized carbons (Fsp3) is 0.636. The maximum absolute atomic E-state index is 10.9. The van der Waals surface area contributed by atoms with Gasteiger partial charge in [-0.25, -0.2) is 9.78 Å². The average molecular weight is 273 g/mol. The Morgan fingerprint density at radius 3 is 3.12 bits per heavy atom. The third-order valence-electron chi connectivity index (χ3n) is 2.66. The SMILES string of the molecule is Cc1nc(SCCC2CCCO2)sc1C(=O)O. The van der Waals surface area contributed by atoms with Gasteiger partial charge in [-0.05, 0) is 26.2 Å². The molecule has 94 valence electrons. The highest BCUT2D eigenvalue weighted by Gasteiger charge is 2.17. The standard InChI is InChI=1S/C11H15NO3S2/c1-7-9(10(13)14)17-11(12-7)16-6-4-8-3-2-5-15-8/h8H,2-6H2,1H3,(H,13,14). The fourth-order valence-corrected chi connectivity index (χ4v) is 3.91. The number of rotatable bonds is 5. The predicted molar refractivity (Wildman–Crippen MR) is 68.1 cm³/mol. The van der Waals surface area contributed by atoms with E-state index in [1.165, 1.54) is 11.3 Å². The topological polar surface area (TPSA) is 59.4 Å². The summed E-state index contributed by atoms with van der Waals surface area (Å²) in [6.45, 7) is 2.62. The third-order valence-corrected chi connectivity index (χ3v) is 4.98. The van der Waals surface area contributed by atoms with Gasteiger partial charge in [-0.3, -0.25) is 0 Å². The van der Waals surface area contributed by atoms with Crippen LogP contribution in [0.4, 0.5) is 0 Å². The van der Waals surface area contributed by atoms with Crippen LogP contribution in [0.2, 0.25) is 0 Å². The molecule has 0 radical (unpaired) electrons. The Kier molecular flexibility index (Phi) is 4.42. The molecule has 1 aliphatic heterocycles. The zero-order valence-electron chi connectivity index (χ0n) is 9.64. The average Bonchev–Trinajstić information content (AvgIpc) is 2.88. The number of aromatic nitrogens is 1. The van der Waals surface area contributed by atoms with E-state index in [2.05, 4.69) is 4.98 Å². The molecular formula is C11H15NO3S2. The number of carboxylic acid groups (broad SMARTS) is 1. The summed E-state index contributed by atoms with van der Waals surface area (Å²) in [4.78, 5) is 15.5. The quantitative estimate of drug-likeness (QED) is 0.836. The van der Waals surface area contributed by atoms with E-state index in [0.29, 0.717) is 16.7 Å². The van der Waals surface area contributed by atoms with Crippen LogP contribution in [-0.4, -0.2) is 34.5 Å². The molecule has 1 aliphatic rings. The van der Waals surface area contributed by atoms with Crippen LogP contribution in [0, 0.1) is 6.92 Å². The molecule has 0 saturated carbocycles. The first-order valence-corrected chi connectivity index (χ1v) is 7.42. The number of aromatic carboxylic acids is 1. The molecule has 0 spiro atoms. The molecule has 1 aromatic heterocycles. The number of hydrogen-bond acceptors (Lipinski definition) is 5. The number of hydrogen-bond donors (Lipinski definition) is 1. The van der Waals surface area contributed by atoms with Gasteiger partial charge in [-0.2, -0.15) is 0 Å². The summed E-state index contributed by atoms with van der Waals surface area (Å²) in [7, 11) is 0. The minimum atomic E-state index is -0.883. The number of nitrogens with zero attached hydrogens (tertiary/aromatic N) is 1. The van der Waals surface area contributed by atoms with E-state index in [1.54, 1.807) is 18.7 Å². The predicted octanol–water partition coefficient (Wildman–Crippen LogP) is 2.81. The second-order valence-electron chi connectivity index (χ2n) is 3.97. The van der Waals surface area contributed by atoms with Crippen molar-refractivity contribution in [3.63, 3.8) is 0 Å². The van der Waals surface area contributed by atoms with Crippen LogP contribution in [0.25, 0.3) is 0 Å². The van der Waals surface area contributed by atoms with Gasteiger partial charge < -0.3 is 9.84 Å². The Balaban J connectivity index is 1.82. The van der Waals surface area contributed by atoms with Crippen LogP contribution in [0.5, 0.6) is 0 Å². The number of thioether (sulfide) groups is 1. The van der Waals surface area contributed by atoms with E-state index < -0.39 is 5.97 Å². The number of carbonyl (C=O) groups is 1. The van der Waals surface area contributed by atoms with Crippen molar-refractivity contribution in [2.75, 3.05) is 12.4 Å². The molecule has 0 aromatic carbocycles. The molecule has 4 nitrogen and oxygen atoms in total.